The minimum atomic E-state index is -0.542. The van der Waals surface area contributed by atoms with Crippen LogP contribution in [0.25, 0.3) is 0 Å². The highest BCUT2D eigenvalue weighted by molar-refractivity contribution is 9.10. The van der Waals surface area contributed by atoms with Gasteiger partial charge in [0.15, 0.2) is 0 Å². The van der Waals surface area contributed by atoms with Gasteiger partial charge in [-0.15, -0.1) is 0 Å². The SMILES string of the molecule is Cc1cc(N)cc(Br)c1[C@@H](COC(=O)C(C)(C)C)OC(C)(C)C. The van der Waals surface area contributed by atoms with Crippen molar-refractivity contribution in [1.29, 1.82) is 0 Å². The number of carbonyl (C=O) groups is 1. The molecule has 0 bridgehead atoms. The van der Waals surface area contributed by atoms with E-state index in [9.17, 15) is 4.79 Å². The third-order valence-corrected chi connectivity index (χ3v) is 3.81. The van der Waals surface area contributed by atoms with Gasteiger partial charge >= 0.3 is 5.97 Å². The van der Waals surface area contributed by atoms with Crippen molar-refractivity contribution in [2.24, 2.45) is 5.41 Å². The van der Waals surface area contributed by atoms with Crippen LogP contribution in [-0.4, -0.2) is 18.2 Å². The Labute approximate surface area is 147 Å². The summed E-state index contributed by atoms with van der Waals surface area (Å²) in [6.07, 6.45) is -0.365. The number of nitrogens with two attached hydrogens (primary N) is 1. The summed E-state index contributed by atoms with van der Waals surface area (Å²) in [7, 11) is 0. The van der Waals surface area contributed by atoms with Crippen LogP contribution in [0.5, 0.6) is 0 Å². The van der Waals surface area contributed by atoms with Crippen molar-refractivity contribution in [2.75, 3.05) is 12.3 Å². The molecule has 0 radical (unpaired) electrons. The first-order valence-electron chi connectivity index (χ1n) is 7.72. The molecule has 0 aliphatic carbocycles. The lowest BCUT2D eigenvalue weighted by molar-refractivity contribution is -0.162. The molecule has 0 aliphatic rings. The Morgan fingerprint density at radius 3 is 2.22 bits per heavy atom. The molecule has 0 amide bonds. The number of halogens is 1. The van der Waals surface area contributed by atoms with Crippen LogP contribution in [0.2, 0.25) is 0 Å². The Balaban J connectivity index is 3.10. The van der Waals surface area contributed by atoms with Crippen molar-refractivity contribution < 1.29 is 14.3 Å². The smallest absolute Gasteiger partial charge is 0.311 e. The zero-order valence-electron chi connectivity index (χ0n) is 15.1. The molecule has 0 spiro atoms. The Bertz CT molecular complexity index is 548. The first kappa shape index (κ1) is 20.0. The minimum Gasteiger partial charge on any atom is -0.462 e. The average molecular weight is 386 g/mol. The predicted octanol–water partition coefficient (Wildman–Crippen LogP) is 4.79. The van der Waals surface area contributed by atoms with Crippen molar-refractivity contribution in [3.63, 3.8) is 0 Å². The molecule has 4 nitrogen and oxygen atoms in total. The lowest BCUT2D eigenvalue weighted by atomic mass is 9.97. The predicted molar refractivity (Wildman–Crippen MR) is 97.3 cm³/mol. The highest BCUT2D eigenvalue weighted by Gasteiger charge is 2.28. The van der Waals surface area contributed by atoms with Gasteiger partial charge in [-0.2, -0.15) is 0 Å². The maximum atomic E-state index is 12.1. The van der Waals surface area contributed by atoms with E-state index in [4.69, 9.17) is 15.2 Å². The third kappa shape index (κ3) is 6.15. The summed E-state index contributed by atoms with van der Waals surface area (Å²) in [4.78, 5) is 12.1. The number of esters is 1. The Hall–Kier alpha value is -1.07. The fourth-order valence-corrected chi connectivity index (χ4v) is 2.99. The van der Waals surface area contributed by atoms with Gasteiger partial charge in [-0.3, -0.25) is 4.79 Å². The summed E-state index contributed by atoms with van der Waals surface area (Å²) in [6.45, 7) is 13.6. The molecule has 1 atom stereocenters. The molecule has 0 saturated carbocycles. The molecule has 1 aromatic rings. The van der Waals surface area contributed by atoms with Crippen molar-refractivity contribution in [2.45, 2.75) is 60.2 Å². The van der Waals surface area contributed by atoms with E-state index in [0.29, 0.717) is 5.69 Å². The summed E-state index contributed by atoms with van der Waals surface area (Å²) in [5.74, 6) is -0.246. The first-order chi connectivity index (χ1) is 10.3. The van der Waals surface area contributed by atoms with Crippen molar-refractivity contribution in [3.05, 3.63) is 27.7 Å². The van der Waals surface area contributed by atoms with E-state index in [1.807, 2.05) is 60.6 Å². The van der Waals surface area contributed by atoms with Crippen LogP contribution in [0.4, 0.5) is 5.69 Å². The molecule has 0 heterocycles. The highest BCUT2D eigenvalue weighted by atomic mass is 79.9. The van der Waals surface area contributed by atoms with E-state index in [0.717, 1.165) is 15.6 Å². The standard InChI is InChI=1S/C18H28BrNO3/c1-11-8-12(20)9-13(19)15(11)14(23-18(5,6)7)10-22-16(21)17(2,3)4/h8-9,14H,10,20H2,1-7H3/t14-/m1/s1. The molecule has 1 aromatic carbocycles. The van der Waals surface area contributed by atoms with E-state index in [1.165, 1.54) is 0 Å². The second-order valence-corrected chi connectivity index (χ2v) is 8.65. The van der Waals surface area contributed by atoms with E-state index in [1.54, 1.807) is 0 Å². The van der Waals surface area contributed by atoms with Crippen LogP contribution in [-0.2, 0) is 14.3 Å². The van der Waals surface area contributed by atoms with Crippen LogP contribution in [0.3, 0.4) is 0 Å². The Morgan fingerprint density at radius 1 is 1.22 bits per heavy atom. The van der Waals surface area contributed by atoms with Gasteiger partial charge in [0.25, 0.3) is 0 Å². The number of hydrogen-bond acceptors (Lipinski definition) is 4. The molecule has 5 heteroatoms. The largest absolute Gasteiger partial charge is 0.462 e. The molecule has 0 aromatic heterocycles. The molecular formula is C18H28BrNO3. The van der Waals surface area contributed by atoms with Gasteiger partial charge in [-0.1, -0.05) is 15.9 Å². The van der Waals surface area contributed by atoms with E-state index in [-0.39, 0.29) is 24.3 Å². The maximum absolute atomic E-state index is 12.1. The van der Waals surface area contributed by atoms with Gasteiger partial charge < -0.3 is 15.2 Å². The van der Waals surface area contributed by atoms with Gasteiger partial charge in [0, 0.05) is 15.7 Å². The number of benzene rings is 1. The number of nitrogen functional groups attached to an aromatic ring is 1. The zero-order valence-corrected chi connectivity index (χ0v) is 16.7. The van der Waals surface area contributed by atoms with E-state index in [2.05, 4.69) is 15.9 Å². The minimum absolute atomic E-state index is 0.163. The lowest BCUT2D eigenvalue weighted by Gasteiger charge is -2.30. The third-order valence-electron chi connectivity index (χ3n) is 3.15. The second-order valence-electron chi connectivity index (χ2n) is 7.80. The molecule has 2 N–H and O–H groups in total. The maximum Gasteiger partial charge on any atom is 0.311 e. The summed E-state index contributed by atoms with van der Waals surface area (Å²) in [5, 5.41) is 0. The van der Waals surface area contributed by atoms with E-state index < -0.39 is 5.41 Å². The topological polar surface area (TPSA) is 61.5 Å². The van der Waals surface area contributed by atoms with Crippen LogP contribution in [0, 0.1) is 12.3 Å². The number of ether oxygens (including phenoxy) is 2. The second kappa shape index (κ2) is 7.22. The first-order valence-corrected chi connectivity index (χ1v) is 8.51. The monoisotopic (exact) mass is 385 g/mol. The molecule has 1 rings (SSSR count). The fourth-order valence-electron chi connectivity index (χ4n) is 2.16. The van der Waals surface area contributed by atoms with Crippen LogP contribution in [0.1, 0.15) is 58.8 Å². The molecule has 130 valence electrons. The van der Waals surface area contributed by atoms with Gasteiger partial charge in [0.1, 0.15) is 12.7 Å². The fraction of sp³-hybridized carbons (Fsp3) is 0.611. The van der Waals surface area contributed by atoms with Crippen LogP contribution < -0.4 is 5.73 Å². The Morgan fingerprint density at radius 2 is 1.78 bits per heavy atom. The molecule has 0 fully saturated rings. The number of rotatable bonds is 4. The van der Waals surface area contributed by atoms with Crippen molar-refractivity contribution >= 4 is 27.6 Å². The van der Waals surface area contributed by atoms with E-state index >= 15 is 0 Å². The average Bonchev–Trinajstić information content (AvgIpc) is 2.30. The number of carbonyl (C=O) groups excluding carboxylic acids is 1. The van der Waals surface area contributed by atoms with Crippen molar-refractivity contribution in [1.82, 2.24) is 0 Å². The van der Waals surface area contributed by atoms with Crippen LogP contribution in [0.15, 0.2) is 16.6 Å². The Kier molecular flexibility index (Phi) is 6.27. The number of aryl methyl sites for hydroxylation is 1. The van der Waals surface area contributed by atoms with Crippen LogP contribution >= 0.6 is 15.9 Å². The summed E-state index contributed by atoms with van der Waals surface area (Å²) < 4.78 is 12.5. The lowest BCUT2D eigenvalue weighted by Crippen LogP contribution is -2.30. The molecular weight excluding hydrogens is 358 g/mol. The highest BCUT2D eigenvalue weighted by Crippen LogP contribution is 2.34. The number of anilines is 1. The molecule has 23 heavy (non-hydrogen) atoms. The van der Waals surface area contributed by atoms with Gasteiger partial charge in [0.2, 0.25) is 0 Å². The molecule has 0 saturated heterocycles. The van der Waals surface area contributed by atoms with Gasteiger partial charge in [-0.25, -0.2) is 0 Å². The normalized spacial score (nSPS) is 13.7. The quantitative estimate of drug-likeness (QED) is 0.597. The molecule has 0 aliphatic heterocycles. The zero-order chi connectivity index (χ0) is 18.0. The summed E-state index contributed by atoms with van der Waals surface area (Å²) in [6, 6.07) is 3.73. The van der Waals surface area contributed by atoms with Gasteiger partial charge in [-0.05, 0) is 66.2 Å². The van der Waals surface area contributed by atoms with Crippen molar-refractivity contribution in [3.8, 4) is 0 Å². The van der Waals surface area contributed by atoms with Gasteiger partial charge in [0.05, 0.1) is 11.0 Å². The molecule has 0 unspecified atom stereocenters. The summed E-state index contributed by atoms with van der Waals surface area (Å²) >= 11 is 3.55. The number of hydrogen-bond donors (Lipinski definition) is 1. The summed E-state index contributed by atoms with van der Waals surface area (Å²) in [5.41, 5.74) is 7.60.